The van der Waals surface area contributed by atoms with Gasteiger partial charge in [-0.1, -0.05) is 44.2 Å². The molecule has 0 bridgehead atoms. The highest BCUT2D eigenvalue weighted by Gasteiger charge is 2.18. The summed E-state index contributed by atoms with van der Waals surface area (Å²) < 4.78 is 2.12. The highest BCUT2D eigenvalue weighted by molar-refractivity contribution is 5.29. The third-order valence-corrected chi connectivity index (χ3v) is 3.55. The zero-order chi connectivity index (χ0) is 14.4. The molecule has 1 aromatic heterocycles. The van der Waals surface area contributed by atoms with Gasteiger partial charge in [-0.2, -0.15) is 5.10 Å². The summed E-state index contributed by atoms with van der Waals surface area (Å²) in [5, 5.41) is 8.33. The van der Waals surface area contributed by atoms with Crippen LogP contribution in [0, 0.1) is 0 Å². The third kappa shape index (κ3) is 3.28. The van der Waals surface area contributed by atoms with Gasteiger partial charge in [0.05, 0.1) is 17.4 Å². The molecule has 1 N–H and O–H groups in total. The van der Waals surface area contributed by atoms with Crippen LogP contribution >= 0.6 is 0 Å². The van der Waals surface area contributed by atoms with E-state index in [1.165, 1.54) is 17.0 Å². The molecule has 2 aromatic rings. The van der Waals surface area contributed by atoms with Crippen molar-refractivity contribution in [3.05, 3.63) is 53.3 Å². The molecule has 0 amide bonds. The van der Waals surface area contributed by atoms with Gasteiger partial charge >= 0.3 is 0 Å². The molecule has 1 atom stereocenters. The highest BCUT2D eigenvalue weighted by atomic mass is 15.3. The van der Waals surface area contributed by atoms with Gasteiger partial charge in [-0.25, -0.2) is 0 Å². The molecule has 0 saturated heterocycles. The molecule has 0 fully saturated rings. The molecule has 1 heterocycles. The van der Waals surface area contributed by atoms with Crippen LogP contribution in [0.2, 0.25) is 0 Å². The van der Waals surface area contributed by atoms with E-state index in [4.69, 9.17) is 0 Å². The number of rotatable bonds is 7. The van der Waals surface area contributed by atoms with E-state index in [-0.39, 0.29) is 6.04 Å². The Balaban J connectivity index is 2.38. The van der Waals surface area contributed by atoms with E-state index in [9.17, 15) is 0 Å². The average Bonchev–Trinajstić information content (AvgIpc) is 2.92. The van der Waals surface area contributed by atoms with E-state index < -0.39 is 0 Å². The van der Waals surface area contributed by atoms with Gasteiger partial charge in [0, 0.05) is 6.54 Å². The minimum atomic E-state index is 0.226. The molecule has 3 heteroatoms. The van der Waals surface area contributed by atoms with E-state index >= 15 is 0 Å². The summed E-state index contributed by atoms with van der Waals surface area (Å²) in [6.45, 7) is 8.42. The first-order chi connectivity index (χ1) is 9.80. The smallest absolute Gasteiger partial charge is 0.0748 e. The molecule has 108 valence electrons. The topological polar surface area (TPSA) is 29.9 Å². The lowest BCUT2D eigenvalue weighted by molar-refractivity contribution is 0.528. The number of nitrogens with zero attached hydrogens (tertiary/aromatic N) is 2. The molecular weight excluding hydrogens is 246 g/mol. The van der Waals surface area contributed by atoms with E-state index in [1.807, 2.05) is 0 Å². The lowest BCUT2D eigenvalue weighted by atomic mass is 10.0. The van der Waals surface area contributed by atoms with Gasteiger partial charge in [-0.15, -0.1) is 0 Å². The Morgan fingerprint density at radius 2 is 1.90 bits per heavy atom. The molecule has 0 aliphatic carbocycles. The minimum Gasteiger partial charge on any atom is -0.305 e. The molecule has 1 unspecified atom stereocenters. The number of benzene rings is 1. The van der Waals surface area contributed by atoms with Crippen LogP contribution in [-0.2, 0) is 13.0 Å². The minimum absolute atomic E-state index is 0.226. The summed E-state index contributed by atoms with van der Waals surface area (Å²) in [6, 6.07) is 13.1. The predicted octanol–water partition coefficient (Wildman–Crippen LogP) is 3.55. The quantitative estimate of drug-likeness (QED) is 0.834. The second-order valence-corrected chi connectivity index (χ2v) is 5.03. The Morgan fingerprint density at radius 3 is 2.50 bits per heavy atom. The van der Waals surface area contributed by atoms with Gasteiger partial charge in [-0.3, -0.25) is 4.68 Å². The Bertz CT molecular complexity index is 516. The summed E-state index contributed by atoms with van der Waals surface area (Å²) in [4.78, 5) is 0. The SMILES string of the molecule is CCCNC(c1ccccc1)c1cc(CC)nn1CC. The van der Waals surface area contributed by atoms with Crippen molar-refractivity contribution in [3.8, 4) is 0 Å². The monoisotopic (exact) mass is 271 g/mol. The number of nitrogens with one attached hydrogen (secondary N) is 1. The molecule has 0 aliphatic heterocycles. The fourth-order valence-corrected chi connectivity index (χ4v) is 2.47. The highest BCUT2D eigenvalue weighted by Crippen LogP contribution is 2.23. The van der Waals surface area contributed by atoms with Crippen LogP contribution in [0.3, 0.4) is 0 Å². The molecule has 3 nitrogen and oxygen atoms in total. The molecular formula is C17H25N3. The molecule has 20 heavy (non-hydrogen) atoms. The zero-order valence-electron chi connectivity index (χ0n) is 12.8. The van der Waals surface area contributed by atoms with Crippen molar-refractivity contribution in [1.82, 2.24) is 15.1 Å². The van der Waals surface area contributed by atoms with Crippen molar-refractivity contribution in [2.75, 3.05) is 6.54 Å². The summed E-state index contributed by atoms with van der Waals surface area (Å²) in [5.74, 6) is 0. The maximum atomic E-state index is 4.68. The lowest BCUT2D eigenvalue weighted by Gasteiger charge is -2.20. The van der Waals surface area contributed by atoms with Gasteiger partial charge in [0.25, 0.3) is 0 Å². The summed E-state index contributed by atoms with van der Waals surface area (Å²) >= 11 is 0. The van der Waals surface area contributed by atoms with Gasteiger partial charge in [0.2, 0.25) is 0 Å². The first-order valence-corrected chi connectivity index (χ1v) is 7.65. The second-order valence-electron chi connectivity index (χ2n) is 5.03. The second kappa shape index (κ2) is 7.25. The van der Waals surface area contributed by atoms with Crippen molar-refractivity contribution in [2.45, 2.75) is 46.2 Å². The standard InChI is InChI=1S/C17H25N3/c1-4-12-18-17(14-10-8-7-9-11-14)16-13-15(5-2)19-20(16)6-3/h7-11,13,17-18H,4-6,12H2,1-3H3. The first kappa shape index (κ1) is 14.8. The third-order valence-electron chi connectivity index (χ3n) is 3.55. The number of hydrogen-bond acceptors (Lipinski definition) is 2. The van der Waals surface area contributed by atoms with E-state index in [0.717, 1.165) is 25.9 Å². The van der Waals surface area contributed by atoms with Crippen LogP contribution < -0.4 is 5.32 Å². The fourth-order valence-electron chi connectivity index (χ4n) is 2.47. The molecule has 0 aliphatic rings. The molecule has 0 spiro atoms. The lowest BCUT2D eigenvalue weighted by Crippen LogP contribution is -2.25. The Morgan fingerprint density at radius 1 is 1.15 bits per heavy atom. The molecule has 0 saturated carbocycles. The summed E-state index contributed by atoms with van der Waals surface area (Å²) in [6.07, 6.45) is 2.11. The van der Waals surface area contributed by atoms with E-state index in [0.29, 0.717) is 0 Å². The Labute approximate surface area is 122 Å². The van der Waals surface area contributed by atoms with Gasteiger partial charge < -0.3 is 5.32 Å². The van der Waals surface area contributed by atoms with Crippen LogP contribution in [0.25, 0.3) is 0 Å². The van der Waals surface area contributed by atoms with Crippen LogP contribution in [0.5, 0.6) is 0 Å². The zero-order valence-corrected chi connectivity index (χ0v) is 12.8. The normalized spacial score (nSPS) is 12.6. The number of hydrogen-bond donors (Lipinski definition) is 1. The Kier molecular flexibility index (Phi) is 5.36. The van der Waals surface area contributed by atoms with Gasteiger partial charge in [-0.05, 0) is 37.9 Å². The van der Waals surface area contributed by atoms with Gasteiger partial charge in [0.1, 0.15) is 0 Å². The first-order valence-electron chi connectivity index (χ1n) is 7.65. The van der Waals surface area contributed by atoms with Crippen molar-refractivity contribution in [2.24, 2.45) is 0 Å². The van der Waals surface area contributed by atoms with E-state index in [2.05, 4.69) is 72.3 Å². The van der Waals surface area contributed by atoms with Crippen LogP contribution in [0.4, 0.5) is 0 Å². The number of aromatic nitrogens is 2. The summed E-state index contributed by atoms with van der Waals surface area (Å²) in [5.41, 5.74) is 3.74. The van der Waals surface area contributed by atoms with Crippen LogP contribution in [-0.4, -0.2) is 16.3 Å². The fraction of sp³-hybridized carbons (Fsp3) is 0.471. The average molecular weight is 271 g/mol. The van der Waals surface area contributed by atoms with Crippen LogP contribution in [0.15, 0.2) is 36.4 Å². The van der Waals surface area contributed by atoms with Crippen molar-refractivity contribution < 1.29 is 0 Å². The molecule has 0 radical (unpaired) electrons. The maximum Gasteiger partial charge on any atom is 0.0748 e. The van der Waals surface area contributed by atoms with Crippen molar-refractivity contribution in [3.63, 3.8) is 0 Å². The van der Waals surface area contributed by atoms with Crippen LogP contribution in [0.1, 0.15) is 50.2 Å². The largest absolute Gasteiger partial charge is 0.305 e. The number of aryl methyl sites for hydroxylation is 2. The van der Waals surface area contributed by atoms with Crippen molar-refractivity contribution in [1.29, 1.82) is 0 Å². The predicted molar refractivity (Wildman–Crippen MR) is 83.9 cm³/mol. The summed E-state index contributed by atoms with van der Waals surface area (Å²) in [7, 11) is 0. The van der Waals surface area contributed by atoms with Gasteiger partial charge in [0.15, 0.2) is 0 Å². The molecule has 1 aromatic carbocycles. The van der Waals surface area contributed by atoms with Crippen molar-refractivity contribution >= 4 is 0 Å². The van der Waals surface area contributed by atoms with E-state index in [1.54, 1.807) is 0 Å². The molecule has 2 rings (SSSR count). The Hall–Kier alpha value is -1.61. The maximum absolute atomic E-state index is 4.68.